The highest BCUT2D eigenvalue weighted by molar-refractivity contribution is 6.00. The van der Waals surface area contributed by atoms with Crippen molar-refractivity contribution in [3.8, 4) is 0 Å². The molecule has 0 saturated carbocycles. The van der Waals surface area contributed by atoms with Gasteiger partial charge in [0.25, 0.3) is 0 Å². The van der Waals surface area contributed by atoms with E-state index >= 15 is 0 Å². The largest absolute Gasteiger partial charge is 0.480 e. The third-order valence-corrected chi connectivity index (χ3v) is 3.00. The molecule has 4 heteroatoms. The average Bonchev–Trinajstić information content (AvgIpc) is 2.25. The van der Waals surface area contributed by atoms with E-state index < -0.39 is 23.5 Å². The minimum atomic E-state index is -1.29. The maximum atomic E-state index is 12.1. The molecule has 0 aliphatic rings. The van der Waals surface area contributed by atoms with Gasteiger partial charge in [-0.1, -0.05) is 45.0 Å². The predicted molar refractivity (Wildman–Crippen MR) is 81.4 cm³/mol. The lowest BCUT2D eigenvalue weighted by atomic mass is 9.85. The molecule has 0 radical (unpaired) electrons. The summed E-state index contributed by atoms with van der Waals surface area (Å²) in [5.74, 6) is -3.23. The van der Waals surface area contributed by atoms with Crippen molar-refractivity contribution in [3.63, 3.8) is 0 Å². The maximum Gasteiger partial charge on any atom is 0.325 e. The lowest BCUT2D eigenvalue weighted by molar-refractivity contribution is -0.162. The maximum absolute atomic E-state index is 12.1. The molecule has 0 aromatic heterocycles. The summed E-state index contributed by atoms with van der Waals surface area (Å²) < 4.78 is 5.19. The van der Waals surface area contributed by atoms with E-state index in [9.17, 15) is 14.7 Å². The lowest BCUT2D eigenvalue weighted by Gasteiger charge is -2.23. The third-order valence-electron chi connectivity index (χ3n) is 3.00. The Hall–Kier alpha value is -1.84. The van der Waals surface area contributed by atoms with Crippen molar-refractivity contribution in [2.24, 2.45) is 0 Å². The van der Waals surface area contributed by atoms with Gasteiger partial charge in [-0.3, -0.25) is 9.59 Å². The molecule has 1 aromatic rings. The number of carbonyl (C=O) groups is 2. The number of carboxylic acids is 1. The first kappa shape index (κ1) is 17.2. The van der Waals surface area contributed by atoms with Gasteiger partial charge in [0.05, 0.1) is 0 Å². The van der Waals surface area contributed by atoms with Crippen LogP contribution in [0, 0.1) is 0 Å². The number of benzene rings is 1. The molecule has 0 aliphatic carbocycles. The Kier molecular flexibility index (Phi) is 4.82. The molecule has 4 nitrogen and oxygen atoms in total. The molecule has 0 saturated heterocycles. The summed E-state index contributed by atoms with van der Waals surface area (Å²) in [7, 11) is 0. The fourth-order valence-corrected chi connectivity index (χ4v) is 1.92. The number of carboxylic acid groups (broad SMARTS) is 1. The van der Waals surface area contributed by atoms with Crippen LogP contribution in [0.3, 0.4) is 0 Å². The second-order valence-corrected chi connectivity index (χ2v) is 7.18. The summed E-state index contributed by atoms with van der Waals surface area (Å²) >= 11 is 0. The van der Waals surface area contributed by atoms with Crippen LogP contribution in [0.25, 0.3) is 0 Å². The first-order chi connectivity index (χ1) is 9.42. The minimum absolute atomic E-state index is 0.0246. The van der Waals surface area contributed by atoms with Crippen LogP contribution in [0.15, 0.2) is 24.3 Å². The zero-order valence-electron chi connectivity index (χ0n) is 13.6. The zero-order valence-corrected chi connectivity index (χ0v) is 13.6. The van der Waals surface area contributed by atoms with Crippen LogP contribution in [0.1, 0.15) is 58.6 Å². The van der Waals surface area contributed by atoms with Crippen molar-refractivity contribution < 1.29 is 19.4 Å². The molecule has 0 bridgehead atoms. The normalized spacial score (nSPS) is 13.6. The van der Waals surface area contributed by atoms with Crippen LogP contribution in [-0.2, 0) is 19.7 Å². The molecule has 1 N–H and O–H groups in total. The number of aliphatic carboxylic acids is 1. The van der Waals surface area contributed by atoms with E-state index in [-0.39, 0.29) is 5.41 Å². The number of hydrogen-bond acceptors (Lipinski definition) is 3. The van der Waals surface area contributed by atoms with Crippen molar-refractivity contribution in [2.75, 3.05) is 0 Å². The topological polar surface area (TPSA) is 63.6 Å². The van der Waals surface area contributed by atoms with Crippen LogP contribution in [0.5, 0.6) is 0 Å². The minimum Gasteiger partial charge on any atom is -0.480 e. The van der Waals surface area contributed by atoms with E-state index in [0.29, 0.717) is 5.56 Å². The third kappa shape index (κ3) is 4.88. The van der Waals surface area contributed by atoms with Gasteiger partial charge in [-0.05, 0) is 37.3 Å². The molecule has 1 aromatic carbocycles. The molecule has 0 heterocycles. The molecule has 0 spiro atoms. The van der Waals surface area contributed by atoms with Crippen molar-refractivity contribution in [1.82, 2.24) is 0 Å². The Morgan fingerprint density at radius 1 is 1.00 bits per heavy atom. The highest BCUT2D eigenvalue weighted by Gasteiger charge is 2.32. The molecule has 0 fully saturated rings. The number of hydrogen-bond donors (Lipinski definition) is 1. The van der Waals surface area contributed by atoms with Crippen molar-refractivity contribution in [3.05, 3.63) is 35.4 Å². The van der Waals surface area contributed by atoms with Gasteiger partial charge in [0.15, 0.2) is 5.92 Å². The Labute approximate surface area is 126 Å². The number of rotatable bonds is 3. The van der Waals surface area contributed by atoms with E-state index in [1.165, 1.54) is 0 Å². The molecule has 0 amide bonds. The summed E-state index contributed by atoms with van der Waals surface area (Å²) in [5.41, 5.74) is 0.781. The van der Waals surface area contributed by atoms with Crippen LogP contribution < -0.4 is 0 Å². The zero-order chi connectivity index (χ0) is 16.4. The van der Waals surface area contributed by atoms with Gasteiger partial charge in [-0.25, -0.2) is 0 Å². The van der Waals surface area contributed by atoms with E-state index in [0.717, 1.165) is 5.56 Å². The predicted octanol–water partition coefficient (Wildman–Crippen LogP) is 3.49. The van der Waals surface area contributed by atoms with E-state index in [1.807, 2.05) is 12.1 Å². The van der Waals surface area contributed by atoms with Crippen LogP contribution >= 0.6 is 0 Å². The second kappa shape index (κ2) is 5.88. The quantitative estimate of drug-likeness (QED) is 0.684. The molecular weight excluding hydrogens is 268 g/mol. The summed E-state index contributed by atoms with van der Waals surface area (Å²) in [6.45, 7) is 11.4. The second-order valence-electron chi connectivity index (χ2n) is 7.18. The summed E-state index contributed by atoms with van der Waals surface area (Å²) in [6.07, 6.45) is 0. The van der Waals surface area contributed by atoms with Gasteiger partial charge in [-0.2, -0.15) is 0 Å². The van der Waals surface area contributed by atoms with Gasteiger partial charge in [0, 0.05) is 0 Å². The average molecular weight is 292 g/mol. The Morgan fingerprint density at radius 3 is 1.81 bits per heavy atom. The molecule has 116 valence electrons. The Morgan fingerprint density at radius 2 is 1.48 bits per heavy atom. The standard InChI is InChI=1S/C17H24O4/c1-16(2,3)12-9-7-11(8-10-12)13(14(18)19)15(20)21-17(4,5)6/h7-10,13H,1-6H3,(H,18,19)/t13-/m1/s1. The molecule has 21 heavy (non-hydrogen) atoms. The van der Waals surface area contributed by atoms with Gasteiger partial charge in [0.2, 0.25) is 0 Å². The van der Waals surface area contributed by atoms with Crippen molar-refractivity contribution in [1.29, 1.82) is 0 Å². The van der Waals surface area contributed by atoms with Gasteiger partial charge in [-0.15, -0.1) is 0 Å². The molecular formula is C17H24O4. The highest BCUT2D eigenvalue weighted by atomic mass is 16.6. The fraction of sp³-hybridized carbons (Fsp3) is 0.529. The van der Waals surface area contributed by atoms with Crippen LogP contribution in [0.2, 0.25) is 0 Å². The Balaban J connectivity index is 3.07. The summed E-state index contributed by atoms with van der Waals surface area (Å²) in [4.78, 5) is 23.5. The monoisotopic (exact) mass is 292 g/mol. The van der Waals surface area contributed by atoms with E-state index in [1.54, 1.807) is 32.9 Å². The first-order valence-corrected chi connectivity index (χ1v) is 6.98. The van der Waals surface area contributed by atoms with Crippen LogP contribution in [0.4, 0.5) is 0 Å². The van der Waals surface area contributed by atoms with E-state index in [2.05, 4.69) is 20.8 Å². The number of ether oxygens (including phenoxy) is 1. The van der Waals surface area contributed by atoms with Crippen molar-refractivity contribution in [2.45, 2.75) is 58.5 Å². The summed E-state index contributed by atoms with van der Waals surface area (Å²) in [5, 5.41) is 9.32. The van der Waals surface area contributed by atoms with E-state index in [4.69, 9.17) is 4.74 Å². The molecule has 0 unspecified atom stereocenters. The Bertz CT molecular complexity index is 515. The lowest BCUT2D eigenvalue weighted by Crippen LogP contribution is -2.31. The first-order valence-electron chi connectivity index (χ1n) is 6.98. The fourth-order valence-electron chi connectivity index (χ4n) is 1.92. The smallest absolute Gasteiger partial charge is 0.325 e. The number of carbonyl (C=O) groups excluding carboxylic acids is 1. The SMILES string of the molecule is CC(C)(C)OC(=O)[C@@H](C(=O)O)c1ccc(C(C)(C)C)cc1. The van der Waals surface area contributed by atoms with Crippen LogP contribution in [-0.4, -0.2) is 22.6 Å². The highest BCUT2D eigenvalue weighted by Crippen LogP contribution is 2.26. The molecule has 1 rings (SSSR count). The molecule has 1 atom stereocenters. The number of esters is 1. The van der Waals surface area contributed by atoms with Gasteiger partial charge < -0.3 is 9.84 Å². The summed E-state index contributed by atoms with van der Waals surface area (Å²) in [6, 6.07) is 7.08. The molecule has 0 aliphatic heterocycles. The van der Waals surface area contributed by atoms with Gasteiger partial charge >= 0.3 is 11.9 Å². The van der Waals surface area contributed by atoms with Gasteiger partial charge in [0.1, 0.15) is 5.60 Å². The van der Waals surface area contributed by atoms with Crippen molar-refractivity contribution >= 4 is 11.9 Å².